The Balaban J connectivity index is 1.27. The van der Waals surface area contributed by atoms with Crippen molar-refractivity contribution in [2.24, 2.45) is 0 Å². The number of nitrogens with one attached hydrogen (secondary N) is 2. The van der Waals surface area contributed by atoms with E-state index in [-0.39, 0.29) is 5.82 Å². The zero-order valence-corrected chi connectivity index (χ0v) is 21.5. The van der Waals surface area contributed by atoms with E-state index in [0.717, 1.165) is 37.3 Å². The van der Waals surface area contributed by atoms with Gasteiger partial charge in [-0.2, -0.15) is 9.97 Å². The van der Waals surface area contributed by atoms with Gasteiger partial charge in [-0.1, -0.05) is 49.6 Å². The Morgan fingerprint density at radius 3 is 2.29 bits per heavy atom. The van der Waals surface area contributed by atoms with Crippen molar-refractivity contribution < 1.29 is 4.39 Å². The van der Waals surface area contributed by atoms with Crippen LogP contribution in [0.3, 0.4) is 0 Å². The molecule has 1 saturated heterocycles. The van der Waals surface area contributed by atoms with Gasteiger partial charge in [0, 0.05) is 37.3 Å². The van der Waals surface area contributed by atoms with Gasteiger partial charge in [0.15, 0.2) is 17.2 Å². The number of hydrogen-bond acceptors (Lipinski definition) is 8. The van der Waals surface area contributed by atoms with Crippen molar-refractivity contribution >= 4 is 22.9 Å². The Bertz CT molecular complexity index is 1350. The lowest BCUT2D eigenvalue weighted by molar-refractivity contribution is 0.307. The van der Waals surface area contributed by atoms with Crippen molar-refractivity contribution in [1.82, 2.24) is 30.5 Å². The van der Waals surface area contributed by atoms with Gasteiger partial charge in [0.05, 0.1) is 0 Å². The lowest BCUT2D eigenvalue weighted by Gasteiger charge is -2.36. The van der Waals surface area contributed by atoms with Gasteiger partial charge in [-0.25, -0.2) is 9.37 Å². The molecule has 2 aromatic heterocycles. The van der Waals surface area contributed by atoms with Crippen molar-refractivity contribution in [2.75, 3.05) is 23.3 Å². The van der Waals surface area contributed by atoms with Crippen molar-refractivity contribution in [1.29, 1.82) is 0 Å². The van der Waals surface area contributed by atoms with Gasteiger partial charge in [-0.05, 0) is 55.5 Å². The monoisotopic (exact) mass is 512 g/mol. The highest BCUT2D eigenvalue weighted by Crippen LogP contribution is 2.28. The molecular formula is C29H33FN8. The van der Waals surface area contributed by atoms with Crippen LogP contribution in [0.25, 0.3) is 22.6 Å². The number of benzene rings is 2. The predicted octanol–water partition coefficient (Wildman–Crippen LogP) is 5.12. The van der Waals surface area contributed by atoms with Gasteiger partial charge < -0.3 is 15.5 Å². The summed E-state index contributed by atoms with van der Waals surface area (Å²) in [5, 5.41) is 16.0. The van der Waals surface area contributed by atoms with Gasteiger partial charge in [0.2, 0.25) is 11.6 Å². The molecule has 2 aliphatic rings. The minimum Gasteiger partial charge on any atom is -0.354 e. The molecule has 196 valence electrons. The van der Waals surface area contributed by atoms with E-state index in [4.69, 9.17) is 9.97 Å². The van der Waals surface area contributed by atoms with Crippen LogP contribution in [0, 0.1) is 5.82 Å². The summed E-state index contributed by atoms with van der Waals surface area (Å²) in [5.74, 6) is 1.40. The van der Waals surface area contributed by atoms with Gasteiger partial charge in [-0.15, -0.1) is 10.2 Å². The minimum atomic E-state index is -0.301. The van der Waals surface area contributed by atoms with Crippen LogP contribution >= 0.6 is 0 Å². The molecule has 2 fully saturated rings. The summed E-state index contributed by atoms with van der Waals surface area (Å²) in [7, 11) is 0. The lowest BCUT2D eigenvalue weighted by Crippen LogP contribution is -2.47. The van der Waals surface area contributed by atoms with Gasteiger partial charge >= 0.3 is 0 Å². The Hall–Kier alpha value is -3.72. The van der Waals surface area contributed by atoms with E-state index in [2.05, 4.69) is 42.8 Å². The second-order valence-corrected chi connectivity index (χ2v) is 10.3. The summed E-state index contributed by atoms with van der Waals surface area (Å²) in [4.78, 5) is 16.7. The van der Waals surface area contributed by atoms with E-state index in [9.17, 15) is 4.39 Å². The highest BCUT2D eigenvalue weighted by atomic mass is 19.1. The van der Waals surface area contributed by atoms with E-state index in [1.54, 1.807) is 12.1 Å². The molecule has 8 nitrogen and oxygen atoms in total. The number of rotatable bonds is 7. The molecule has 0 bridgehead atoms. The maximum Gasteiger partial charge on any atom is 0.227 e. The SMILES string of the molecule is Fc1ccc(-c2nnc3nc(NCc4ccccc4)nc(N4CCC(NC5CCCCC5)CC4)c3n2)cc1. The Morgan fingerprint density at radius 1 is 0.789 bits per heavy atom. The Labute approximate surface area is 222 Å². The number of aromatic nitrogens is 5. The second kappa shape index (κ2) is 11.3. The normalized spacial score (nSPS) is 17.1. The quantitative estimate of drug-likeness (QED) is 0.352. The molecule has 0 unspecified atom stereocenters. The Kier molecular flexibility index (Phi) is 7.35. The molecule has 3 heterocycles. The zero-order chi connectivity index (χ0) is 25.7. The summed E-state index contributed by atoms with van der Waals surface area (Å²) in [6, 6.07) is 17.5. The molecule has 1 saturated carbocycles. The molecule has 2 aromatic carbocycles. The van der Waals surface area contributed by atoms with E-state index < -0.39 is 0 Å². The fourth-order valence-corrected chi connectivity index (χ4v) is 5.48. The maximum absolute atomic E-state index is 13.5. The predicted molar refractivity (Wildman–Crippen MR) is 147 cm³/mol. The average molecular weight is 513 g/mol. The molecular weight excluding hydrogens is 479 g/mol. The van der Waals surface area contributed by atoms with Crippen molar-refractivity contribution in [3.63, 3.8) is 0 Å². The minimum absolute atomic E-state index is 0.301. The first kappa shape index (κ1) is 24.6. The van der Waals surface area contributed by atoms with E-state index >= 15 is 0 Å². The first-order valence-corrected chi connectivity index (χ1v) is 13.7. The molecule has 38 heavy (non-hydrogen) atoms. The van der Waals surface area contributed by atoms with Gasteiger partial charge in [-0.3, -0.25) is 0 Å². The molecule has 9 heteroatoms. The third kappa shape index (κ3) is 5.72. The number of anilines is 2. The van der Waals surface area contributed by atoms with Crippen LogP contribution < -0.4 is 15.5 Å². The highest BCUT2D eigenvalue weighted by molar-refractivity contribution is 5.85. The van der Waals surface area contributed by atoms with Crippen molar-refractivity contribution in [3.05, 3.63) is 66.0 Å². The maximum atomic E-state index is 13.5. The van der Waals surface area contributed by atoms with Crippen LogP contribution in [0.1, 0.15) is 50.5 Å². The zero-order valence-electron chi connectivity index (χ0n) is 21.5. The summed E-state index contributed by atoms with van der Waals surface area (Å²) < 4.78 is 13.5. The Morgan fingerprint density at radius 2 is 1.53 bits per heavy atom. The standard InChI is InChI=1S/C29H33FN8/c30-22-13-11-21(12-14-22)26-33-25-27(37-36-26)34-29(31-19-20-7-3-1-4-8-20)35-28(25)38-17-15-24(16-18-38)32-23-9-5-2-6-10-23/h1,3-4,7-8,11-14,23-24,32H,2,5-6,9-10,15-19H2,(H,31,34,35,37). The molecule has 2 N–H and O–H groups in total. The van der Waals surface area contributed by atoms with Gasteiger partial charge in [0.1, 0.15) is 5.82 Å². The van der Waals surface area contributed by atoms with Crippen molar-refractivity contribution in [3.8, 4) is 11.4 Å². The molecule has 0 spiro atoms. The van der Waals surface area contributed by atoms with Crippen LogP contribution in [0.2, 0.25) is 0 Å². The smallest absolute Gasteiger partial charge is 0.227 e. The van der Waals surface area contributed by atoms with Crippen LogP contribution in [0.15, 0.2) is 54.6 Å². The number of fused-ring (bicyclic) bond motifs is 1. The second-order valence-electron chi connectivity index (χ2n) is 10.3. The molecule has 0 amide bonds. The molecule has 0 atom stereocenters. The van der Waals surface area contributed by atoms with Crippen LogP contribution in [-0.2, 0) is 6.54 Å². The number of hydrogen-bond donors (Lipinski definition) is 2. The van der Waals surface area contributed by atoms with E-state index in [1.807, 2.05) is 18.2 Å². The summed E-state index contributed by atoms with van der Waals surface area (Å²) in [6.07, 6.45) is 8.74. The van der Waals surface area contributed by atoms with E-state index in [0.29, 0.717) is 47.1 Å². The molecule has 1 aliphatic carbocycles. The first-order chi connectivity index (χ1) is 18.7. The van der Waals surface area contributed by atoms with E-state index in [1.165, 1.54) is 44.2 Å². The fraction of sp³-hybridized carbons (Fsp3) is 0.414. The molecule has 4 aromatic rings. The molecule has 1 aliphatic heterocycles. The topological polar surface area (TPSA) is 91.8 Å². The fourth-order valence-electron chi connectivity index (χ4n) is 5.48. The number of halogens is 1. The summed E-state index contributed by atoms with van der Waals surface area (Å²) in [5.41, 5.74) is 2.90. The molecule has 0 radical (unpaired) electrons. The number of nitrogens with zero attached hydrogens (tertiary/aromatic N) is 6. The summed E-state index contributed by atoms with van der Waals surface area (Å²) in [6.45, 7) is 2.36. The largest absolute Gasteiger partial charge is 0.354 e. The molecule has 6 rings (SSSR count). The van der Waals surface area contributed by atoms with Crippen molar-refractivity contribution in [2.45, 2.75) is 63.6 Å². The highest BCUT2D eigenvalue weighted by Gasteiger charge is 2.26. The van der Waals surface area contributed by atoms with Gasteiger partial charge in [0.25, 0.3) is 0 Å². The third-order valence-electron chi connectivity index (χ3n) is 7.57. The average Bonchev–Trinajstić information content (AvgIpc) is 2.97. The van der Waals surface area contributed by atoms with Crippen LogP contribution in [0.5, 0.6) is 0 Å². The third-order valence-corrected chi connectivity index (χ3v) is 7.57. The first-order valence-electron chi connectivity index (χ1n) is 13.7. The van der Waals surface area contributed by atoms with Crippen LogP contribution in [-0.4, -0.2) is 50.3 Å². The van der Waals surface area contributed by atoms with Crippen LogP contribution in [0.4, 0.5) is 16.2 Å². The lowest BCUT2D eigenvalue weighted by atomic mass is 9.93. The number of piperidine rings is 1. The summed E-state index contributed by atoms with van der Waals surface area (Å²) >= 11 is 0.